The normalized spacial score (nSPS) is 20.0. The van der Waals surface area contributed by atoms with Crippen LogP contribution in [-0.2, 0) is 9.53 Å². The molecule has 4 rings (SSSR count). The summed E-state index contributed by atoms with van der Waals surface area (Å²) in [5.74, 6) is 0.571. The molecule has 9 heteroatoms. The van der Waals surface area contributed by atoms with E-state index in [0.29, 0.717) is 17.8 Å². The van der Waals surface area contributed by atoms with Crippen LogP contribution in [0.3, 0.4) is 0 Å². The summed E-state index contributed by atoms with van der Waals surface area (Å²) in [5, 5.41) is 7.66. The Balaban J connectivity index is 1.53. The van der Waals surface area contributed by atoms with E-state index in [1.165, 1.54) is 11.3 Å². The van der Waals surface area contributed by atoms with E-state index in [9.17, 15) is 9.59 Å². The second-order valence-electron chi connectivity index (χ2n) is 7.11. The molecule has 0 spiro atoms. The van der Waals surface area contributed by atoms with Crippen LogP contribution in [-0.4, -0.2) is 61.2 Å². The van der Waals surface area contributed by atoms with Crippen molar-refractivity contribution >= 4 is 29.2 Å². The molecule has 8 nitrogen and oxygen atoms in total. The van der Waals surface area contributed by atoms with Gasteiger partial charge in [0.2, 0.25) is 0 Å². The number of aromatic nitrogens is 1. The Hall–Kier alpha value is -2.91. The van der Waals surface area contributed by atoms with E-state index < -0.39 is 12.0 Å². The number of pyridine rings is 1. The van der Waals surface area contributed by atoms with Gasteiger partial charge in [-0.3, -0.25) is 4.90 Å². The maximum absolute atomic E-state index is 12.8. The molecular weight excluding hydrogens is 402 g/mol. The third-order valence-electron chi connectivity index (χ3n) is 5.20. The van der Waals surface area contributed by atoms with Crippen LogP contribution in [0.5, 0.6) is 0 Å². The Morgan fingerprint density at radius 1 is 1.23 bits per heavy atom. The monoisotopic (exact) mass is 427 g/mol. The van der Waals surface area contributed by atoms with Crippen molar-refractivity contribution in [2.75, 3.05) is 44.2 Å². The highest BCUT2D eigenvalue weighted by Crippen LogP contribution is 2.31. The van der Waals surface area contributed by atoms with Gasteiger partial charge in [0.05, 0.1) is 18.2 Å². The standard InChI is InChI=1S/C21H25N5O3S/c1-2-29-20(27)18-15(23-21(28)24-19(18)16-6-5-13-30-16)14-25-9-11-26(12-10-25)17-7-3-4-8-22-17/h3-8,13,19H,2,9-12,14H2,1H3,(H2,23,24,28). The smallest absolute Gasteiger partial charge is 0.338 e. The van der Waals surface area contributed by atoms with Crippen molar-refractivity contribution in [3.63, 3.8) is 0 Å². The highest BCUT2D eigenvalue weighted by molar-refractivity contribution is 7.10. The SMILES string of the molecule is CCOC(=O)C1=C(CN2CCN(c3ccccn3)CC2)NC(=O)NC1c1cccs1. The number of hydrogen-bond acceptors (Lipinski definition) is 7. The summed E-state index contributed by atoms with van der Waals surface area (Å²) in [4.78, 5) is 35.0. The van der Waals surface area contributed by atoms with Gasteiger partial charge in [-0.15, -0.1) is 11.3 Å². The predicted octanol–water partition coefficient (Wildman–Crippen LogP) is 2.14. The first kappa shape index (κ1) is 20.4. The largest absolute Gasteiger partial charge is 0.463 e. The van der Waals surface area contributed by atoms with E-state index >= 15 is 0 Å². The minimum atomic E-state index is -0.498. The highest BCUT2D eigenvalue weighted by atomic mass is 32.1. The van der Waals surface area contributed by atoms with Crippen LogP contribution >= 0.6 is 11.3 Å². The number of thiophene rings is 1. The number of urea groups is 1. The molecule has 4 heterocycles. The number of ether oxygens (including phenoxy) is 1. The zero-order valence-corrected chi connectivity index (χ0v) is 17.7. The molecule has 2 aromatic heterocycles. The second kappa shape index (κ2) is 9.27. The Bertz CT molecular complexity index is 908. The zero-order valence-electron chi connectivity index (χ0n) is 16.8. The van der Waals surface area contributed by atoms with Crippen molar-refractivity contribution in [2.24, 2.45) is 0 Å². The lowest BCUT2D eigenvalue weighted by molar-refractivity contribution is -0.139. The molecule has 158 valence electrons. The molecule has 1 atom stereocenters. The van der Waals surface area contributed by atoms with Crippen LogP contribution < -0.4 is 15.5 Å². The van der Waals surface area contributed by atoms with E-state index in [4.69, 9.17) is 4.74 Å². The van der Waals surface area contributed by atoms with E-state index in [1.807, 2.05) is 35.7 Å². The fraction of sp³-hybridized carbons (Fsp3) is 0.381. The molecular formula is C21H25N5O3S. The third kappa shape index (κ3) is 4.47. The molecule has 30 heavy (non-hydrogen) atoms. The molecule has 1 fully saturated rings. The van der Waals surface area contributed by atoms with Gasteiger partial charge < -0.3 is 20.3 Å². The Morgan fingerprint density at radius 3 is 2.73 bits per heavy atom. The quantitative estimate of drug-likeness (QED) is 0.687. The van der Waals surface area contributed by atoms with Gasteiger partial charge in [-0.25, -0.2) is 14.6 Å². The average molecular weight is 428 g/mol. The number of rotatable bonds is 6. The van der Waals surface area contributed by atoms with Crippen LogP contribution in [0.25, 0.3) is 0 Å². The Morgan fingerprint density at radius 2 is 2.07 bits per heavy atom. The summed E-state index contributed by atoms with van der Waals surface area (Å²) in [6.07, 6.45) is 1.80. The first-order valence-electron chi connectivity index (χ1n) is 10.0. The first-order valence-corrected chi connectivity index (χ1v) is 10.9. The molecule has 2 aliphatic heterocycles. The molecule has 0 aliphatic carbocycles. The van der Waals surface area contributed by atoms with E-state index in [2.05, 4.69) is 25.4 Å². The Labute approximate surface area is 179 Å². The molecule has 1 unspecified atom stereocenters. The average Bonchev–Trinajstić information content (AvgIpc) is 3.29. The van der Waals surface area contributed by atoms with Gasteiger partial charge in [-0.1, -0.05) is 12.1 Å². The summed E-state index contributed by atoms with van der Waals surface area (Å²) in [6.45, 7) is 5.83. The number of carbonyl (C=O) groups is 2. The Kier molecular flexibility index (Phi) is 6.29. The van der Waals surface area contributed by atoms with Crippen LogP contribution in [0.2, 0.25) is 0 Å². The minimum absolute atomic E-state index is 0.281. The number of amides is 2. The molecule has 0 saturated carbocycles. The summed E-state index contributed by atoms with van der Waals surface area (Å²) >= 11 is 1.51. The van der Waals surface area contributed by atoms with Crippen molar-refractivity contribution in [3.8, 4) is 0 Å². The van der Waals surface area contributed by atoms with Crippen molar-refractivity contribution in [1.82, 2.24) is 20.5 Å². The third-order valence-corrected chi connectivity index (χ3v) is 6.14. The molecule has 1 saturated heterocycles. The van der Waals surface area contributed by atoms with Gasteiger partial charge in [0.25, 0.3) is 0 Å². The van der Waals surface area contributed by atoms with Gasteiger partial charge in [0.1, 0.15) is 5.82 Å². The summed E-state index contributed by atoms with van der Waals surface area (Å²) < 4.78 is 5.32. The molecule has 2 amide bonds. The highest BCUT2D eigenvalue weighted by Gasteiger charge is 2.35. The fourth-order valence-corrected chi connectivity index (χ4v) is 4.55. The minimum Gasteiger partial charge on any atom is -0.463 e. The van der Waals surface area contributed by atoms with E-state index in [0.717, 1.165) is 36.9 Å². The van der Waals surface area contributed by atoms with Crippen LogP contribution in [0.1, 0.15) is 17.8 Å². The topological polar surface area (TPSA) is 86.8 Å². The van der Waals surface area contributed by atoms with Crippen LogP contribution in [0, 0.1) is 0 Å². The number of anilines is 1. The molecule has 0 bridgehead atoms. The molecule has 2 N–H and O–H groups in total. The van der Waals surface area contributed by atoms with Gasteiger partial charge in [0.15, 0.2) is 0 Å². The number of carbonyl (C=O) groups excluding carboxylic acids is 2. The lowest BCUT2D eigenvalue weighted by Crippen LogP contribution is -2.51. The summed E-state index contributed by atoms with van der Waals surface area (Å²) in [5.41, 5.74) is 1.09. The molecule has 2 aromatic rings. The maximum Gasteiger partial charge on any atom is 0.338 e. The van der Waals surface area contributed by atoms with Crippen LogP contribution in [0.15, 0.2) is 53.2 Å². The number of hydrogen-bond donors (Lipinski definition) is 2. The number of piperazine rings is 1. The molecule has 0 radical (unpaired) electrons. The fourth-order valence-electron chi connectivity index (χ4n) is 3.76. The predicted molar refractivity (Wildman–Crippen MR) is 115 cm³/mol. The number of nitrogens with one attached hydrogen (secondary N) is 2. The summed E-state index contributed by atoms with van der Waals surface area (Å²) in [6, 6.07) is 8.94. The summed E-state index contributed by atoms with van der Waals surface area (Å²) in [7, 11) is 0. The van der Waals surface area contributed by atoms with Crippen LogP contribution in [0.4, 0.5) is 10.6 Å². The van der Waals surface area contributed by atoms with Crippen molar-refractivity contribution < 1.29 is 14.3 Å². The van der Waals surface area contributed by atoms with Gasteiger partial charge >= 0.3 is 12.0 Å². The zero-order chi connectivity index (χ0) is 20.9. The van der Waals surface area contributed by atoms with E-state index in [1.54, 1.807) is 13.1 Å². The lowest BCUT2D eigenvalue weighted by atomic mass is 10.0. The van der Waals surface area contributed by atoms with Crippen molar-refractivity contribution in [2.45, 2.75) is 13.0 Å². The van der Waals surface area contributed by atoms with E-state index in [-0.39, 0.29) is 12.6 Å². The van der Waals surface area contributed by atoms with Gasteiger partial charge in [-0.2, -0.15) is 0 Å². The number of nitrogens with zero attached hydrogens (tertiary/aromatic N) is 3. The van der Waals surface area contributed by atoms with Gasteiger partial charge in [-0.05, 0) is 30.5 Å². The molecule has 2 aliphatic rings. The first-order chi connectivity index (χ1) is 14.7. The molecule has 0 aromatic carbocycles. The lowest BCUT2D eigenvalue weighted by Gasteiger charge is -2.37. The van der Waals surface area contributed by atoms with Crippen molar-refractivity contribution in [1.29, 1.82) is 0 Å². The maximum atomic E-state index is 12.8. The second-order valence-corrected chi connectivity index (χ2v) is 8.09. The number of esters is 1. The van der Waals surface area contributed by atoms with Gasteiger partial charge in [0, 0.05) is 49.5 Å². The van der Waals surface area contributed by atoms with Crippen molar-refractivity contribution in [3.05, 3.63) is 58.1 Å².